The first-order valence-electron chi connectivity index (χ1n) is 7.53. The van der Waals surface area contributed by atoms with Crippen LogP contribution in [-0.2, 0) is 0 Å². The molecule has 0 aliphatic rings. The second-order valence-electron chi connectivity index (χ2n) is 5.09. The van der Waals surface area contributed by atoms with Gasteiger partial charge < -0.3 is 10.1 Å². The summed E-state index contributed by atoms with van der Waals surface area (Å²) in [4.78, 5) is 13.2. The molecule has 1 atom stereocenters. The topological polar surface area (TPSA) is 81.9 Å². The number of tetrazole rings is 1. The van der Waals surface area contributed by atoms with Crippen molar-refractivity contribution in [1.29, 1.82) is 0 Å². The minimum Gasteiger partial charge on any atom is -0.494 e. The van der Waals surface area contributed by atoms with E-state index in [4.69, 9.17) is 4.74 Å². The number of carbonyl (C=O) groups is 1. The van der Waals surface area contributed by atoms with Gasteiger partial charge in [0, 0.05) is 0 Å². The maximum absolute atomic E-state index is 12.6. The van der Waals surface area contributed by atoms with Crippen LogP contribution in [0.5, 0.6) is 5.75 Å². The number of carbonyl (C=O) groups excluding carboxylic acids is 1. The van der Waals surface area contributed by atoms with Crippen molar-refractivity contribution in [3.8, 4) is 11.4 Å². The van der Waals surface area contributed by atoms with Gasteiger partial charge >= 0.3 is 0 Å². The highest BCUT2D eigenvalue weighted by Crippen LogP contribution is 2.23. The van der Waals surface area contributed by atoms with Gasteiger partial charge in [0.15, 0.2) is 0 Å². The SMILES string of the molecule is CCOc1cccc(C(C)NC(=O)c2sccc2-n2cnnn2)c1. The van der Waals surface area contributed by atoms with Gasteiger partial charge in [-0.05, 0) is 53.4 Å². The third-order valence-electron chi connectivity index (χ3n) is 3.46. The molecule has 0 radical (unpaired) electrons. The third kappa shape index (κ3) is 3.43. The van der Waals surface area contributed by atoms with Crippen LogP contribution in [0.2, 0.25) is 0 Å². The molecule has 3 aromatic rings. The Morgan fingerprint density at radius 2 is 2.29 bits per heavy atom. The molecule has 0 saturated carbocycles. The van der Waals surface area contributed by atoms with Crippen molar-refractivity contribution >= 4 is 17.2 Å². The van der Waals surface area contributed by atoms with E-state index in [-0.39, 0.29) is 11.9 Å². The Morgan fingerprint density at radius 3 is 3.04 bits per heavy atom. The first kappa shape index (κ1) is 16.1. The number of nitrogens with zero attached hydrogens (tertiary/aromatic N) is 4. The van der Waals surface area contributed by atoms with Gasteiger partial charge in [0.25, 0.3) is 5.91 Å². The minimum absolute atomic E-state index is 0.151. The summed E-state index contributed by atoms with van der Waals surface area (Å²) < 4.78 is 6.98. The van der Waals surface area contributed by atoms with E-state index in [0.717, 1.165) is 11.3 Å². The Bertz CT molecular complexity index is 816. The summed E-state index contributed by atoms with van der Waals surface area (Å²) in [5.74, 6) is 0.631. The second-order valence-corrected chi connectivity index (χ2v) is 6.01. The Balaban J connectivity index is 1.76. The largest absolute Gasteiger partial charge is 0.494 e. The van der Waals surface area contributed by atoms with Crippen LogP contribution < -0.4 is 10.1 Å². The molecule has 0 saturated heterocycles. The van der Waals surface area contributed by atoms with Gasteiger partial charge in [-0.1, -0.05) is 12.1 Å². The van der Waals surface area contributed by atoms with Gasteiger partial charge in [-0.15, -0.1) is 16.4 Å². The lowest BCUT2D eigenvalue weighted by molar-refractivity contribution is 0.0943. The molecule has 124 valence electrons. The fourth-order valence-corrected chi connectivity index (χ4v) is 3.09. The van der Waals surface area contributed by atoms with Crippen LogP contribution in [0.1, 0.15) is 35.1 Å². The van der Waals surface area contributed by atoms with E-state index >= 15 is 0 Å². The number of aromatic nitrogens is 4. The number of thiophene rings is 1. The van der Waals surface area contributed by atoms with Crippen molar-refractivity contribution in [2.24, 2.45) is 0 Å². The predicted molar refractivity (Wildman–Crippen MR) is 90.5 cm³/mol. The lowest BCUT2D eigenvalue weighted by Gasteiger charge is -2.15. The summed E-state index contributed by atoms with van der Waals surface area (Å²) in [6, 6.07) is 9.38. The zero-order chi connectivity index (χ0) is 16.9. The normalized spacial score (nSPS) is 11.9. The lowest BCUT2D eigenvalue weighted by atomic mass is 10.1. The molecule has 1 N–H and O–H groups in total. The van der Waals surface area contributed by atoms with E-state index in [2.05, 4.69) is 20.8 Å². The van der Waals surface area contributed by atoms with Crippen molar-refractivity contribution in [2.45, 2.75) is 19.9 Å². The fourth-order valence-electron chi connectivity index (χ4n) is 2.31. The highest BCUT2D eigenvalue weighted by atomic mass is 32.1. The third-order valence-corrected chi connectivity index (χ3v) is 4.37. The number of amides is 1. The molecular weight excluding hydrogens is 326 g/mol. The number of rotatable bonds is 6. The van der Waals surface area contributed by atoms with Crippen molar-refractivity contribution < 1.29 is 9.53 Å². The van der Waals surface area contributed by atoms with E-state index < -0.39 is 0 Å². The van der Waals surface area contributed by atoms with Gasteiger partial charge in [0.05, 0.1) is 18.3 Å². The van der Waals surface area contributed by atoms with Crippen molar-refractivity contribution in [3.05, 3.63) is 52.5 Å². The average Bonchev–Trinajstić information content (AvgIpc) is 3.26. The van der Waals surface area contributed by atoms with Gasteiger partial charge in [-0.3, -0.25) is 4.79 Å². The number of benzene rings is 1. The highest BCUT2D eigenvalue weighted by molar-refractivity contribution is 7.12. The van der Waals surface area contributed by atoms with E-state index in [1.165, 1.54) is 22.3 Å². The maximum atomic E-state index is 12.6. The van der Waals surface area contributed by atoms with Crippen molar-refractivity contribution in [3.63, 3.8) is 0 Å². The van der Waals surface area contributed by atoms with Crippen LogP contribution in [0.3, 0.4) is 0 Å². The molecule has 7 nitrogen and oxygen atoms in total. The monoisotopic (exact) mass is 343 g/mol. The van der Waals surface area contributed by atoms with Gasteiger partial charge in [0.1, 0.15) is 17.0 Å². The van der Waals surface area contributed by atoms with Crippen LogP contribution in [0.25, 0.3) is 5.69 Å². The standard InChI is InChI=1S/C16H17N5O2S/c1-3-23-13-6-4-5-12(9-13)11(2)18-16(22)15-14(7-8-24-15)21-10-17-19-20-21/h4-11H,3H2,1-2H3,(H,18,22). The van der Waals surface area contributed by atoms with Gasteiger partial charge in [-0.2, -0.15) is 4.68 Å². The molecule has 24 heavy (non-hydrogen) atoms. The van der Waals surface area contributed by atoms with E-state index in [1.807, 2.05) is 49.6 Å². The fraction of sp³-hybridized carbons (Fsp3) is 0.250. The lowest BCUT2D eigenvalue weighted by Crippen LogP contribution is -2.26. The summed E-state index contributed by atoms with van der Waals surface area (Å²) in [7, 11) is 0. The van der Waals surface area contributed by atoms with Crippen LogP contribution in [0.15, 0.2) is 42.0 Å². The second kappa shape index (κ2) is 7.22. The van der Waals surface area contributed by atoms with Crippen molar-refractivity contribution in [2.75, 3.05) is 6.61 Å². The first-order chi connectivity index (χ1) is 11.7. The summed E-state index contributed by atoms with van der Waals surface area (Å²) in [5, 5.41) is 15.9. The average molecular weight is 343 g/mol. The molecule has 3 rings (SSSR count). The minimum atomic E-state index is -0.162. The van der Waals surface area contributed by atoms with Crippen LogP contribution in [0.4, 0.5) is 0 Å². The summed E-state index contributed by atoms with van der Waals surface area (Å²) in [6.45, 7) is 4.48. The van der Waals surface area contributed by atoms with E-state index in [0.29, 0.717) is 17.2 Å². The molecule has 1 aromatic carbocycles. The van der Waals surface area contributed by atoms with E-state index in [1.54, 1.807) is 0 Å². The predicted octanol–water partition coefficient (Wildman–Crippen LogP) is 2.61. The molecule has 2 aromatic heterocycles. The van der Waals surface area contributed by atoms with Crippen LogP contribution in [-0.4, -0.2) is 32.7 Å². The smallest absolute Gasteiger partial charge is 0.264 e. The quantitative estimate of drug-likeness (QED) is 0.744. The first-order valence-corrected chi connectivity index (χ1v) is 8.41. The molecule has 1 amide bonds. The molecule has 0 aliphatic heterocycles. The molecule has 0 bridgehead atoms. The van der Waals surface area contributed by atoms with E-state index in [9.17, 15) is 4.79 Å². The molecule has 0 spiro atoms. The highest BCUT2D eigenvalue weighted by Gasteiger charge is 2.18. The Hall–Kier alpha value is -2.74. The zero-order valence-corrected chi connectivity index (χ0v) is 14.2. The molecule has 1 unspecified atom stereocenters. The Kier molecular flexibility index (Phi) is 4.85. The molecule has 8 heteroatoms. The summed E-state index contributed by atoms with van der Waals surface area (Å²) >= 11 is 1.35. The Morgan fingerprint density at radius 1 is 1.42 bits per heavy atom. The number of ether oxygens (including phenoxy) is 1. The Labute approximate surface area is 143 Å². The molecule has 2 heterocycles. The molecule has 0 aliphatic carbocycles. The summed E-state index contributed by atoms with van der Waals surface area (Å²) in [5.41, 5.74) is 1.65. The molecular formula is C16H17N5O2S. The van der Waals surface area contributed by atoms with Crippen LogP contribution >= 0.6 is 11.3 Å². The van der Waals surface area contributed by atoms with Crippen molar-refractivity contribution in [1.82, 2.24) is 25.5 Å². The molecule has 0 fully saturated rings. The van der Waals surface area contributed by atoms with Gasteiger partial charge in [0.2, 0.25) is 0 Å². The zero-order valence-electron chi connectivity index (χ0n) is 13.3. The number of nitrogens with one attached hydrogen (secondary N) is 1. The number of hydrogen-bond donors (Lipinski definition) is 1. The maximum Gasteiger partial charge on any atom is 0.264 e. The number of hydrogen-bond acceptors (Lipinski definition) is 6. The van der Waals surface area contributed by atoms with Crippen LogP contribution in [0, 0.1) is 0 Å². The summed E-state index contributed by atoms with van der Waals surface area (Å²) in [6.07, 6.45) is 1.47. The van der Waals surface area contributed by atoms with Gasteiger partial charge in [-0.25, -0.2) is 0 Å².